The van der Waals surface area contributed by atoms with E-state index in [1.54, 1.807) is 97.3 Å². The second kappa shape index (κ2) is 23.4. The smallest absolute Gasteiger partial charge is 0.261 e. The first-order valence-electron chi connectivity index (χ1n) is 22.8. The minimum atomic E-state index is -3.67. The van der Waals surface area contributed by atoms with Gasteiger partial charge >= 0.3 is 0 Å². The van der Waals surface area contributed by atoms with Gasteiger partial charge in [0.2, 0.25) is 0 Å². The second-order valence-electron chi connectivity index (χ2n) is 16.5. The number of fused-ring (bicyclic) bond motifs is 2. The van der Waals surface area contributed by atoms with Crippen LogP contribution in [-0.2, 0) is 10.1 Å². The van der Waals surface area contributed by atoms with E-state index in [1.165, 1.54) is 0 Å². The topological polar surface area (TPSA) is 269 Å². The van der Waals surface area contributed by atoms with E-state index in [1.807, 2.05) is 24.3 Å². The quantitative estimate of drug-likeness (QED) is 0.0371. The highest BCUT2D eigenvalue weighted by molar-refractivity contribution is 7.85. The number of hydrogen-bond donors (Lipinski definition) is 9. The Morgan fingerprint density at radius 1 is 0.548 bits per heavy atom. The molecular weight excluding hydrogens is 996 g/mol. The number of amidine groups is 2. The highest BCUT2D eigenvalue weighted by Gasteiger charge is 2.19. The van der Waals surface area contributed by atoms with Crippen LogP contribution in [0.2, 0.25) is 10.0 Å². The zero-order valence-corrected chi connectivity index (χ0v) is 41.4. The van der Waals surface area contributed by atoms with E-state index in [0.29, 0.717) is 114 Å². The molecule has 0 fully saturated rings. The number of aromatic nitrogens is 2. The number of carbonyl (C=O) groups is 4. The third kappa shape index (κ3) is 14.0. The maximum absolute atomic E-state index is 13.6. The summed E-state index contributed by atoms with van der Waals surface area (Å²) in [5, 5.41) is 27.9. The first-order valence-corrected chi connectivity index (χ1v) is 25.4. The molecule has 7 aromatic rings. The van der Waals surface area contributed by atoms with Gasteiger partial charge < -0.3 is 42.5 Å². The summed E-state index contributed by atoms with van der Waals surface area (Å²) in [6.07, 6.45) is 4.11. The van der Waals surface area contributed by atoms with Crippen LogP contribution in [-0.4, -0.2) is 117 Å². The fourth-order valence-corrected chi connectivity index (χ4v) is 8.13. The lowest BCUT2D eigenvalue weighted by Crippen LogP contribution is -2.29. The van der Waals surface area contributed by atoms with Crippen LogP contribution in [0.3, 0.4) is 0 Å². The summed E-state index contributed by atoms with van der Waals surface area (Å²) in [6.45, 7) is 4.01. The van der Waals surface area contributed by atoms with Gasteiger partial charge in [-0.15, -0.1) is 0 Å². The Balaban J connectivity index is 0.00000136. The van der Waals surface area contributed by atoms with Crippen LogP contribution in [0.1, 0.15) is 52.6 Å². The average molecular weight is 1040 g/mol. The highest BCUT2D eigenvalue weighted by atomic mass is 35.5. The highest BCUT2D eigenvalue weighted by Crippen LogP contribution is 2.26. The molecule has 2 aliphatic rings. The second-order valence-corrected chi connectivity index (χ2v) is 18.9. The molecule has 2 aromatic heterocycles. The van der Waals surface area contributed by atoms with Crippen molar-refractivity contribution in [2.45, 2.75) is 0 Å². The average Bonchev–Trinajstić information content (AvgIpc) is 4.13. The molecule has 4 amide bonds. The number of rotatable bonds is 16. The molecule has 0 saturated heterocycles. The summed E-state index contributed by atoms with van der Waals surface area (Å²) in [5.74, 6) is -0.302. The molecule has 4 heterocycles. The molecule has 0 saturated carbocycles. The van der Waals surface area contributed by atoms with Crippen molar-refractivity contribution in [1.29, 1.82) is 0 Å². The molecule has 374 valence electrons. The van der Waals surface area contributed by atoms with Gasteiger partial charge in [-0.25, -0.2) is 0 Å². The molecule has 0 unspecified atom stereocenters. The summed E-state index contributed by atoms with van der Waals surface area (Å²) in [5.41, 5.74) is 6.57. The van der Waals surface area contributed by atoms with Crippen LogP contribution < -0.4 is 42.5 Å². The summed E-state index contributed by atoms with van der Waals surface area (Å²) >= 11 is 12.3. The van der Waals surface area contributed by atoms with Crippen LogP contribution >= 0.6 is 23.2 Å². The van der Waals surface area contributed by atoms with E-state index in [0.717, 1.165) is 33.2 Å². The van der Waals surface area contributed by atoms with Crippen molar-refractivity contribution in [1.82, 2.24) is 31.2 Å². The fraction of sp³-hybridized carbons (Fsp3) is 0.176. The Labute approximate surface area is 429 Å². The molecule has 2 aliphatic heterocycles. The standard InChI is InChI=1S/C50H44Cl2N12O4.CH4O3S/c51-35-5-7-39-41(9-11-53-43(39)27-35)55-13-19-61-47(65)33-21-31(45-57-15-16-58-45)23-37(25-33)63-49(67)29-1-2-30(4-3-29)50(68)64-38-24-32(46-59-17-18-60-46)22-34(26-38)48(66)62-20-14-56-42-10-12-54-44-28-36(52)6-8-40(42)44;1-5(2,3)4/h1-12,21-28H,13-20H2,(H,53,55)(H,54,56)(H,57,58)(H,59,60)(H,61,65)(H,62,66)(H,63,67)(H,64,68);1H3,(H,2,3,4). The molecule has 0 bridgehead atoms. The summed E-state index contributed by atoms with van der Waals surface area (Å²) in [7, 11) is -3.67. The Bertz CT molecular complexity index is 3210. The number of nitrogens with one attached hydrogen (secondary N) is 8. The van der Waals surface area contributed by atoms with Crippen LogP contribution in [0.25, 0.3) is 21.8 Å². The van der Waals surface area contributed by atoms with E-state index in [9.17, 15) is 27.6 Å². The lowest BCUT2D eigenvalue weighted by Gasteiger charge is -2.14. The Hall–Kier alpha value is -8.17. The molecular formula is C51H48Cl2N12O7S. The molecule has 0 aliphatic carbocycles. The van der Waals surface area contributed by atoms with Gasteiger partial charge in [0, 0.05) is 129 Å². The van der Waals surface area contributed by atoms with Crippen LogP contribution in [0, 0.1) is 0 Å². The largest absolute Gasteiger partial charge is 0.383 e. The van der Waals surface area contributed by atoms with Crippen molar-refractivity contribution in [2.24, 2.45) is 9.98 Å². The molecule has 73 heavy (non-hydrogen) atoms. The Morgan fingerprint density at radius 2 is 0.959 bits per heavy atom. The maximum atomic E-state index is 13.6. The number of halogens is 2. The number of benzene rings is 5. The number of carbonyl (C=O) groups excluding carboxylic acids is 4. The minimum absolute atomic E-state index is 0.286. The normalized spacial score (nSPS) is 12.8. The van der Waals surface area contributed by atoms with Gasteiger partial charge in [0.15, 0.2) is 0 Å². The van der Waals surface area contributed by atoms with Gasteiger partial charge in [0.25, 0.3) is 33.7 Å². The van der Waals surface area contributed by atoms with Crippen LogP contribution in [0.5, 0.6) is 0 Å². The SMILES string of the molecule is CS(=O)(=O)O.O=C(NCCNc1ccnc2cc(Cl)ccc12)c1cc(NC(=O)c2ccc(C(=O)Nc3cc(C(=O)NCCNc4ccnc5cc(Cl)ccc45)cc(C4=NCCN4)c3)cc2)cc(C2=NCCN2)c1. The Morgan fingerprint density at radius 3 is 1.34 bits per heavy atom. The molecule has 0 radical (unpaired) electrons. The van der Waals surface area contributed by atoms with Crippen molar-refractivity contribution in [3.05, 3.63) is 165 Å². The molecule has 22 heteroatoms. The van der Waals surface area contributed by atoms with Gasteiger partial charge in [0.05, 0.1) is 30.4 Å². The van der Waals surface area contributed by atoms with Crippen molar-refractivity contribution >= 4 is 113 Å². The number of pyridine rings is 2. The van der Waals surface area contributed by atoms with E-state index in [2.05, 4.69) is 62.5 Å². The van der Waals surface area contributed by atoms with E-state index < -0.39 is 21.9 Å². The van der Waals surface area contributed by atoms with Gasteiger partial charge in [-0.2, -0.15) is 8.42 Å². The molecule has 19 nitrogen and oxygen atoms in total. The predicted octanol–water partition coefficient (Wildman–Crippen LogP) is 6.48. The lowest BCUT2D eigenvalue weighted by atomic mass is 10.1. The first-order chi connectivity index (χ1) is 35.1. The zero-order valence-electron chi connectivity index (χ0n) is 39.1. The fourth-order valence-electron chi connectivity index (χ4n) is 7.80. The van der Waals surface area contributed by atoms with Gasteiger partial charge in [-0.1, -0.05) is 23.2 Å². The maximum Gasteiger partial charge on any atom is 0.261 e. The van der Waals surface area contributed by atoms with Crippen LogP contribution in [0.15, 0.2) is 132 Å². The molecule has 5 aromatic carbocycles. The summed E-state index contributed by atoms with van der Waals surface area (Å²) in [6, 6.07) is 31.1. The third-order valence-corrected chi connectivity index (χ3v) is 11.5. The third-order valence-electron chi connectivity index (χ3n) is 11.1. The predicted molar refractivity (Wildman–Crippen MR) is 287 cm³/mol. The van der Waals surface area contributed by atoms with Crippen LogP contribution in [0.4, 0.5) is 22.7 Å². The summed E-state index contributed by atoms with van der Waals surface area (Å²) in [4.78, 5) is 72.0. The number of aliphatic imine (C=N–C) groups is 2. The van der Waals surface area contributed by atoms with Crippen molar-refractivity contribution in [3.8, 4) is 0 Å². The van der Waals surface area contributed by atoms with E-state index in [4.69, 9.17) is 27.8 Å². The molecule has 9 N–H and O–H groups in total. The number of nitrogens with zero attached hydrogens (tertiary/aromatic N) is 4. The Kier molecular flexibility index (Phi) is 16.4. The van der Waals surface area contributed by atoms with E-state index >= 15 is 0 Å². The molecule has 0 spiro atoms. The monoisotopic (exact) mass is 1040 g/mol. The number of amides is 4. The summed E-state index contributed by atoms with van der Waals surface area (Å²) < 4.78 is 25.9. The van der Waals surface area contributed by atoms with Gasteiger partial charge in [-0.05, 0) is 109 Å². The first kappa shape index (κ1) is 51.2. The van der Waals surface area contributed by atoms with Crippen molar-refractivity contribution < 1.29 is 32.1 Å². The minimum Gasteiger partial charge on any atom is -0.383 e. The lowest BCUT2D eigenvalue weighted by molar-refractivity contribution is 0.0947. The number of anilines is 4. The number of hydrogen-bond acceptors (Lipinski definition) is 14. The van der Waals surface area contributed by atoms with Crippen molar-refractivity contribution in [3.63, 3.8) is 0 Å². The zero-order chi connectivity index (χ0) is 51.5. The van der Waals surface area contributed by atoms with E-state index in [-0.39, 0.29) is 22.9 Å². The van der Waals surface area contributed by atoms with Gasteiger partial charge in [0.1, 0.15) is 11.7 Å². The van der Waals surface area contributed by atoms with Crippen molar-refractivity contribution in [2.75, 3.05) is 79.9 Å². The molecule has 0 atom stereocenters. The van der Waals surface area contributed by atoms with Gasteiger partial charge in [-0.3, -0.25) is 43.7 Å². The molecule has 9 rings (SSSR count).